The predicted molar refractivity (Wildman–Crippen MR) is 83.2 cm³/mol. The lowest BCUT2D eigenvalue weighted by Gasteiger charge is -2.22. The van der Waals surface area contributed by atoms with Crippen LogP contribution in [0.15, 0.2) is 54.6 Å². The lowest BCUT2D eigenvalue weighted by atomic mass is 10.1. The highest BCUT2D eigenvalue weighted by Gasteiger charge is 2.15. The third-order valence-corrected chi connectivity index (χ3v) is 3.24. The monoisotopic (exact) mass is 284 g/mol. The van der Waals surface area contributed by atoms with Crippen LogP contribution in [-0.4, -0.2) is 31.0 Å². The average Bonchev–Trinajstić information content (AvgIpc) is 2.55. The molecule has 0 saturated heterocycles. The minimum Gasteiger partial charge on any atom is -0.497 e. The Hall–Kier alpha value is -2.33. The molecule has 0 saturated carbocycles. The molecule has 0 unspecified atom stereocenters. The number of amides is 1. The summed E-state index contributed by atoms with van der Waals surface area (Å²) in [7, 11) is 1.60. The maximum atomic E-state index is 12.6. The van der Waals surface area contributed by atoms with Gasteiger partial charge in [-0.3, -0.25) is 4.79 Å². The van der Waals surface area contributed by atoms with Gasteiger partial charge >= 0.3 is 0 Å². The molecule has 0 aliphatic rings. The van der Waals surface area contributed by atoms with Gasteiger partial charge in [0.25, 0.3) is 5.91 Å². The fraction of sp³-hybridized carbons (Fsp3) is 0.235. The number of benzene rings is 2. The number of carbonyl (C=O) groups excluding carboxylic acids is 1. The Labute approximate surface area is 125 Å². The topological polar surface area (TPSA) is 55.6 Å². The van der Waals surface area contributed by atoms with E-state index in [9.17, 15) is 4.79 Å². The minimum absolute atomic E-state index is 0.0213. The number of hydrogen-bond donors (Lipinski definition) is 1. The van der Waals surface area contributed by atoms with E-state index in [0.717, 1.165) is 11.3 Å². The van der Waals surface area contributed by atoms with Crippen LogP contribution >= 0.6 is 0 Å². The van der Waals surface area contributed by atoms with Crippen LogP contribution in [0.4, 0.5) is 0 Å². The molecule has 4 nitrogen and oxygen atoms in total. The van der Waals surface area contributed by atoms with Gasteiger partial charge in [0.1, 0.15) is 5.75 Å². The molecule has 0 spiro atoms. The maximum Gasteiger partial charge on any atom is 0.254 e. The molecule has 0 aliphatic heterocycles. The van der Waals surface area contributed by atoms with Crippen LogP contribution in [-0.2, 0) is 6.54 Å². The van der Waals surface area contributed by atoms with Crippen molar-refractivity contribution in [1.82, 2.24) is 4.90 Å². The summed E-state index contributed by atoms with van der Waals surface area (Å²) in [6.45, 7) is 1.53. The summed E-state index contributed by atoms with van der Waals surface area (Å²) in [5, 5.41) is 0. The third kappa shape index (κ3) is 4.07. The van der Waals surface area contributed by atoms with E-state index in [2.05, 4.69) is 0 Å². The zero-order chi connectivity index (χ0) is 15.1. The van der Waals surface area contributed by atoms with Gasteiger partial charge in [-0.15, -0.1) is 0 Å². The van der Waals surface area contributed by atoms with E-state index in [0.29, 0.717) is 25.2 Å². The van der Waals surface area contributed by atoms with Crippen LogP contribution in [0.5, 0.6) is 5.75 Å². The van der Waals surface area contributed by atoms with Crippen molar-refractivity contribution in [3.63, 3.8) is 0 Å². The summed E-state index contributed by atoms with van der Waals surface area (Å²) in [5.41, 5.74) is 7.36. The van der Waals surface area contributed by atoms with Crippen molar-refractivity contribution < 1.29 is 9.53 Å². The molecule has 0 bridgehead atoms. The molecule has 21 heavy (non-hydrogen) atoms. The number of hydrogen-bond acceptors (Lipinski definition) is 3. The smallest absolute Gasteiger partial charge is 0.254 e. The van der Waals surface area contributed by atoms with Gasteiger partial charge in [0.15, 0.2) is 0 Å². The van der Waals surface area contributed by atoms with E-state index in [4.69, 9.17) is 10.5 Å². The molecule has 0 aromatic heterocycles. The van der Waals surface area contributed by atoms with Crippen molar-refractivity contribution in [2.75, 3.05) is 20.2 Å². The van der Waals surface area contributed by atoms with Gasteiger partial charge in [-0.1, -0.05) is 30.3 Å². The molecule has 0 radical (unpaired) electrons. The van der Waals surface area contributed by atoms with Crippen molar-refractivity contribution in [3.05, 3.63) is 65.7 Å². The van der Waals surface area contributed by atoms with Crippen LogP contribution in [0.25, 0.3) is 0 Å². The van der Waals surface area contributed by atoms with Crippen molar-refractivity contribution in [2.45, 2.75) is 6.54 Å². The summed E-state index contributed by atoms with van der Waals surface area (Å²) in [4.78, 5) is 14.3. The number of nitrogens with two attached hydrogens (primary N) is 1. The standard InChI is InChI=1S/C17H20N2O2/c1-21-16-9-7-15(8-10-16)17(20)19(12-11-18)13-14-5-3-2-4-6-14/h2-10H,11-13,18H2,1H3. The Bertz CT molecular complexity index is 567. The highest BCUT2D eigenvalue weighted by atomic mass is 16.5. The average molecular weight is 284 g/mol. The van der Waals surface area contributed by atoms with E-state index in [1.54, 1.807) is 36.3 Å². The van der Waals surface area contributed by atoms with Crippen LogP contribution in [0.1, 0.15) is 15.9 Å². The summed E-state index contributed by atoms with van der Waals surface area (Å²) in [6, 6.07) is 17.0. The largest absolute Gasteiger partial charge is 0.497 e. The van der Waals surface area contributed by atoms with Gasteiger partial charge in [0.2, 0.25) is 0 Å². The number of carbonyl (C=O) groups is 1. The summed E-state index contributed by atoms with van der Waals surface area (Å²) >= 11 is 0. The zero-order valence-corrected chi connectivity index (χ0v) is 12.2. The first kappa shape index (κ1) is 15.1. The molecule has 2 aromatic rings. The second-order valence-electron chi connectivity index (χ2n) is 4.73. The molecule has 2 N–H and O–H groups in total. The van der Waals surface area contributed by atoms with Gasteiger partial charge in [0.05, 0.1) is 7.11 Å². The molecular formula is C17H20N2O2. The molecule has 2 rings (SSSR count). The summed E-state index contributed by atoms with van der Waals surface area (Å²) in [6.07, 6.45) is 0. The normalized spacial score (nSPS) is 10.2. The Balaban J connectivity index is 2.14. The maximum absolute atomic E-state index is 12.6. The van der Waals surface area contributed by atoms with Gasteiger partial charge in [0, 0.05) is 25.2 Å². The highest BCUT2D eigenvalue weighted by Crippen LogP contribution is 2.14. The Kier molecular flexibility index (Phi) is 5.35. The van der Waals surface area contributed by atoms with Crippen LogP contribution in [0.3, 0.4) is 0 Å². The first-order valence-corrected chi connectivity index (χ1v) is 6.92. The predicted octanol–water partition coefficient (Wildman–Crippen LogP) is 2.30. The first-order chi connectivity index (χ1) is 10.2. The van der Waals surface area contributed by atoms with Crippen molar-refractivity contribution in [1.29, 1.82) is 0 Å². The molecule has 2 aromatic carbocycles. The fourth-order valence-corrected chi connectivity index (χ4v) is 2.13. The Morgan fingerprint density at radius 2 is 1.76 bits per heavy atom. The number of ether oxygens (including phenoxy) is 1. The van der Waals surface area contributed by atoms with Crippen molar-refractivity contribution >= 4 is 5.91 Å². The molecular weight excluding hydrogens is 264 g/mol. The van der Waals surface area contributed by atoms with E-state index >= 15 is 0 Å². The molecule has 1 amide bonds. The Morgan fingerprint density at radius 1 is 1.10 bits per heavy atom. The van der Waals surface area contributed by atoms with E-state index in [-0.39, 0.29) is 5.91 Å². The van der Waals surface area contributed by atoms with Crippen molar-refractivity contribution in [2.24, 2.45) is 5.73 Å². The Morgan fingerprint density at radius 3 is 2.33 bits per heavy atom. The number of rotatable bonds is 6. The van der Waals surface area contributed by atoms with E-state index in [1.807, 2.05) is 30.3 Å². The molecule has 0 aliphatic carbocycles. The highest BCUT2D eigenvalue weighted by molar-refractivity contribution is 5.94. The lowest BCUT2D eigenvalue weighted by molar-refractivity contribution is 0.0748. The second-order valence-corrected chi connectivity index (χ2v) is 4.73. The summed E-state index contributed by atoms with van der Waals surface area (Å²) in [5.74, 6) is 0.715. The molecule has 110 valence electrons. The van der Waals surface area contributed by atoms with Gasteiger partial charge < -0.3 is 15.4 Å². The molecule has 0 atom stereocenters. The summed E-state index contributed by atoms with van der Waals surface area (Å²) < 4.78 is 5.11. The SMILES string of the molecule is COc1ccc(C(=O)N(CCN)Cc2ccccc2)cc1. The lowest BCUT2D eigenvalue weighted by Crippen LogP contribution is -2.34. The second kappa shape index (κ2) is 7.45. The molecule has 0 fully saturated rings. The number of nitrogens with zero attached hydrogens (tertiary/aromatic N) is 1. The van der Waals surface area contributed by atoms with Crippen LogP contribution < -0.4 is 10.5 Å². The van der Waals surface area contributed by atoms with Gasteiger partial charge in [-0.25, -0.2) is 0 Å². The van der Waals surface area contributed by atoms with Crippen LogP contribution in [0, 0.1) is 0 Å². The molecule has 0 heterocycles. The first-order valence-electron chi connectivity index (χ1n) is 6.92. The van der Waals surface area contributed by atoms with Gasteiger partial charge in [-0.2, -0.15) is 0 Å². The van der Waals surface area contributed by atoms with E-state index < -0.39 is 0 Å². The number of methoxy groups -OCH3 is 1. The van der Waals surface area contributed by atoms with Gasteiger partial charge in [-0.05, 0) is 29.8 Å². The van der Waals surface area contributed by atoms with Crippen LogP contribution in [0.2, 0.25) is 0 Å². The van der Waals surface area contributed by atoms with Crippen molar-refractivity contribution in [3.8, 4) is 5.75 Å². The minimum atomic E-state index is -0.0213. The fourth-order valence-electron chi connectivity index (χ4n) is 2.13. The quantitative estimate of drug-likeness (QED) is 0.885. The zero-order valence-electron chi connectivity index (χ0n) is 12.2. The molecule has 4 heteroatoms. The third-order valence-electron chi connectivity index (χ3n) is 3.24. The van der Waals surface area contributed by atoms with E-state index in [1.165, 1.54) is 0 Å².